The summed E-state index contributed by atoms with van der Waals surface area (Å²) in [5.74, 6) is -0.507. The molecule has 1 amide bonds. The van der Waals surface area contributed by atoms with E-state index in [4.69, 9.17) is 5.11 Å². The first-order valence-corrected chi connectivity index (χ1v) is 4.62. The third-order valence-corrected chi connectivity index (χ3v) is 2.10. The molecule has 5 heteroatoms. The Balaban J connectivity index is 2.39. The fourth-order valence-corrected chi connectivity index (χ4v) is 1.20. The molecule has 0 saturated heterocycles. The fraction of sp³-hybridized carbons (Fsp3) is 0.250. The molecule has 1 atom stereocenters. The molecule has 1 aromatic rings. The van der Waals surface area contributed by atoms with Crippen LogP contribution >= 0.6 is 11.3 Å². The van der Waals surface area contributed by atoms with Gasteiger partial charge < -0.3 is 5.11 Å². The number of nitrogens with one attached hydrogen (secondary N) is 1. The lowest BCUT2D eigenvalue weighted by Crippen LogP contribution is -2.28. The summed E-state index contributed by atoms with van der Waals surface area (Å²) in [6.45, 7) is 1.38. The number of amides is 1. The van der Waals surface area contributed by atoms with Crippen LogP contribution < -0.4 is 5.43 Å². The lowest BCUT2D eigenvalue weighted by molar-refractivity contribution is -0.128. The predicted molar refractivity (Wildman–Crippen MR) is 51.7 cm³/mol. The van der Waals surface area contributed by atoms with Crippen molar-refractivity contribution < 1.29 is 9.90 Å². The van der Waals surface area contributed by atoms with Crippen LogP contribution in [0.4, 0.5) is 0 Å². The van der Waals surface area contributed by atoms with Crippen LogP contribution in [0, 0.1) is 0 Å². The number of aliphatic hydroxyl groups excluding tert-OH is 1. The van der Waals surface area contributed by atoms with Gasteiger partial charge in [0.25, 0.3) is 5.91 Å². The number of nitrogens with zero attached hydrogens (tertiary/aromatic N) is 1. The number of carbonyl (C=O) groups excluding carboxylic acids is 1. The van der Waals surface area contributed by atoms with E-state index in [1.54, 1.807) is 0 Å². The van der Waals surface area contributed by atoms with E-state index < -0.39 is 12.0 Å². The van der Waals surface area contributed by atoms with Gasteiger partial charge in [0, 0.05) is 4.88 Å². The fourth-order valence-electron chi connectivity index (χ4n) is 0.618. The average molecular weight is 198 g/mol. The summed E-state index contributed by atoms with van der Waals surface area (Å²) < 4.78 is 0. The van der Waals surface area contributed by atoms with E-state index in [1.807, 2.05) is 17.5 Å². The Kier molecular flexibility index (Phi) is 3.60. The molecule has 0 spiro atoms. The van der Waals surface area contributed by atoms with Crippen molar-refractivity contribution in [2.45, 2.75) is 13.0 Å². The van der Waals surface area contributed by atoms with E-state index >= 15 is 0 Å². The summed E-state index contributed by atoms with van der Waals surface area (Å²) >= 11 is 1.52. The van der Waals surface area contributed by atoms with E-state index in [0.29, 0.717) is 0 Å². The van der Waals surface area contributed by atoms with Crippen molar-refractivity contribution in [1.82, 2.24) is 5.43 Å². The van der Waals surface area contributed by atoms with Crippen LogP contribution in [0.3, 0.4) is 0 Å². The summed E-state index contributed by atoms with van der Waals surface area (Å²) in [4.78, 5) is 11.7. The van der Waals surface area contributed by atoms with Crippen LogP contribution in [0.2, 0.25) is 0 Å². The molecule has 0 fully saturated rings. The van der Waals surface area contributed by atoms with Gasteiger partial charge in [-0.25, -0.2) is 5.43 Å². The van der Waals surface area contributed by atoms with Gasteiger partial charge in [-0.05, 0) is 18.4 Å². The maximum Gasteiger partial charge on any atom is 0.268 e. The molecule has 0 radical (unpaired) electrons. The van der Waals surface area contributed by atoms with Crippen molar-refractivity contribution in [2.24, 2.45) is 5.10 Å². The van der Waals surface area contributed by atoms with E-state index in [1.165, 1.54) is 24.5 Å². The number of carbonyl (C=O) groups is 1. The topological polar surface area (TPSA) is 61.7 Å². The smallest absolute Gasteiger partial charge is 0.268 e. The summed E-state index contributed by atoms with van der Waals surface area (Å²) in [5.41, 5.74) is 2.21. The van der Waals surface area contributed by atoms with E-state index in [-0.39, 0.29) is 0 Å². The van der Waals surface area contributed by atoms with Gasteiger partial charge in [-0.2, -0.15) is 5.10 Å². The second kappa shape index (κ2) is 4.74. The Bertz CT molecular complexity index is 293. The van der Waals surface area contributed by atoms with Crippen LogP contribution in [0.15, 0.2) is 22.6 Å². The number of hydrogen-bond acceptors (Lipinski definition) is 4. The van der Waals surface area contributed by atoms with Crippen LogP contribution in [-0.4, -0.2) is 23.3 Å². The normalized spacial score (nSPS) is 13.1. The number of hydrogen-bond donors (Lipinski definition) is 2. The van der Waals surface area contributed by atoms with Gasteiger partial charge in [0.05, 0.1) is 6.21 Å². The highest BCUT2D eigenvalue weighted by Gasteiger charge is 2.05. The lowest BCUT2D eigenvalue weighted by Gasteiger charge is -1.99. The molecule has 70 valence electrons. The molecule has 0 unspecified atom stereocenters. The van der Waals surface area contributed by atoms with Crippen LogP contribution in [0.5, 0.6) is 0 Å². The number of thiophene rings is 1. The van der Waals surface area contributed by atoms with Gasteiger partial charge in [-0.15, -0.1) is 11.3 Å². The summed E-state index contributed by atoms with van der Waals surface area (Å²) in [5, 5.41) is 14.4. The van der Waals surface area contributed by atoms with E-state index in [0.717, 1.165) is 4.88 Å². The lowest BCUT2D eigenvalue weighted by atomic mass is 10.4. The van der Waals surface area contributed by atoms with Crippen LogP contribution in [0.1, 0.15) is 11.8 Å². The third kappa shape index (κ3) is 3.35. The number of aliphatic hydroxyl groups is 1. The SMILES string of the molecule is C[C@H](O)C(=O)N/N=C\c1cccs1. The van der Waals surface area contributed by atoms with Gasteiger partial charge >= 0.3 is 0 Å². The standard InChI is InChI=1S/C8H10N2O2S/c1-6(11)8(12)10-9-5-7-3-2-4-13-7/h2-6,11H,1H3,(H,10,12)/b9-5-/t6-/m0/s1. The van der Waals surface area contributed by atoms with Crippen molar-refractivity contribution in [2.75, 3.05) is 0 Å². The van der Waals surface area contributed by atoms with Crippen molar-refractivity contribution >= 4 is 23.5 Å². The highest BCUT2D eigenvalue weighted by molar-refractivity contribution is 7.11. The minimum atomic E-state index is -1.03. The molecule has 0 bridgehead atoms. The molecule has 0 aliphatic heterocycles. The molecular weight excluding hydrogens is 188 g/mol. The van der Waals surface area contributed by atoms with Crippen molar-refractivity contribution in [1.29, 1.82) is 0 Å². The number of hydrazone groups is 1. The molecule has 13 heavy (non-hydrogen) atoms. The quantitative estimate of drug-likeness (QED) is 0.551. The van der Waals surface area contributed by atoms with E-state index in [9.17, 15) is 4.79 Å². The first kappa shape index (κ1) is 9.88. The Labute approximate surface area is 79.9 Å². The van der Waals surface area contributed by atoms with Crippen molar-refractivity contribution in [3.8, 4) is 0 Å². The zero-order valence-corrected chi connectivity index (χ0v) is 7.91. The Morgan fingerprint density at radius 3 is 3.15 bits per heavy atom. The number of rotatable bonds is 3. The Hall–Kier alpha value is -1.20. The third-order valence-electron chi connectivity index (χ3n) is 1.29. The van der Waals surface area contributed by atoms with Crippen molar-refractivity contribution in [3.63, 3.8) is 0 Å². The monoisotopic (exact) mass is 198 g/mol. The minimum Gasteiger partial charge on any atom is -0.383 e. The average Bonchev–Trinajstić information content (AvgIpc) is 2.56. The molecule has 0 aliphatic carbocycles. The first-order valence-electron chi connectivity index (χ1n) is 3.74. The van der Waals surface area contributed by atoms with Gasteiger partial charge in [-0.3, -0.25) is 4.79 Å². The largest absolute Gasteiger partial charge is 0.383 e. The predicted octanol–water partition coefficient (Wildman–Crippen LogP) is 0.579. The second-order valence-corrected chi connectivity index (χ2v) is 3.40. The first-order chi connectivity index (χ1) is 6.20. The van der Waals surface area contributed by atoms with Gasteiger partial charge in [-0.1, -0.05) is 6.07 Å². The maximum atomic E-state index is 10.8. The molecule has 0 saturated carbocycles. The van der Waals surface area contributed by atoms with Gasteiger partial charge in [0.1, 0.15) is 6.10 Å². The van der Waals surface area contributed by atoms with E-state index in [2.05, 4.69) is 10.5 Å². The molecule has 2 N–H and O–H groups in total. The molecule has 0 aromatic carbocycles. The second-order valence-electron chi connectivity index (χ2n) is 2.43. The summed E-state index contributed by atoms with van der Waals surface area (Å²) in [6.07, 6.45) is 0.505. The molecule has 1 rings (SSSR count). The van der Waals surface area contributed by atoms with Gasteiger partial charge in [0.2, 0.25) is 0 Å². The molecule has 1 heterocycles. The van der Waals surface area contributed by atoms with Crippen molar-refractivity contribution in [3.05, 3.63) is 22.4 Å². The highest BCUT2D eigenvalue weighted by atomic mass is 32.1. The maximum absolute atomic E-state index is 10.8. The minimum absolute atomic E-state index is 0.507. The zero-order valence-electron chi connectivity index (χ0n) is 7.10. The highest BCUT2D eigenvalue weighted by Crippen LogP contribution is 2.03. The summed E-state index contributed by atoms with van der Waals surface area (Å²) in [6, 6.07) is 3.77. The van der Waals surface area contributed by atoms with Crippen LogP contribution in [-0.2, 0) is 4.79 Å². The van der Waals surface area contributed by atoms with Crippen LogP contribution in [0.25, 0.3) is 0 Å². The molecule has 1 aromatic heterocycles. The Morgan fingerprint density at radius 2 is 2.62 bits per heavy atom. The molecule has 4 nitrogen and oxygen atoms in total. The summed E-state index contributed by atoms with van der Waals surface area (Å²) in [7, 11) is 0. The molecule has 0 aliphatic rings. The Morgan fingerprint density at radius 1 is 1.85 bits per heavy atom. The van der Waals surface area contributed by atoms with Gasteiger partial charge in [0.15, 0.2) is 0 Å². The molecular formula is C8H10N2O2S. The zero-order chi connectivity index (χ0) is 9.68.